The maximum atomic E-state index is 13.2. The molecule has 0 saturated carbocycles. The van der Waals surface area contributed by atoms with Gasteiger partial charge in [-0.1, -0.05) is 19.8 Å². The van der Waals surface area contributed by atoms with E-state index in [1.54, 1.807) is 15.6 Å². The van der Waals surface area contributed by atoms with Gasteiger partial charge in [-0.3, -0.25) is 34.3 Å². The maximum Gasteiger partial charge on any atom is 0.255 e. The second-order valence-corrected chi connectivity index (χ2v) is 19.1. The number of benzene rings is 1. The van der Waals surface area contributed by atoms with E-state index in [1.807, 2.05) is 37.5 Å². The Kier molecular flexibility index (Phi) is 14.1. The van der Waals surface area contributed by atoms with Crippen LogP contribution >= 0.6 is 0 Å². The molecule has 0 radical (unpaired) electrons. The predicted octanol–water partition coefficient (Wildman–Crippen LogP) is 5.34. The molecule has 16 heteroatoms. The van der Waals surface area contributed by atoms with Gasteiger partial charge in [0.25, 0.3) is 5.91 Å². The van der Waals surface area contributed by atoms with Crippen LogP contribution in [-0.4, -0.2) is 149 Å². The summed E-state index contributed by atoms with van der Waals surface area (Å²) in [4.78, 5) is 68.9. The number of aromatic nitrogens is 3. The van der Waals surface area contributed by atoms with Gasteiger partial charge in [0.15, 0.2) is 0 Å². The van der Waals surface area contributed by atoms with Gasteiger partial charge in [-0.05, 0) is 99.4 Å². The molecule has 5 aliphatic rings. The summed E-state index contributed by atoms with van der Waals surface area (Å²) in [6.07, 6.45) is 14.2. The summed E-state index contributed by atoms with van der Waals surface area (Å²) in [6, 6.07) is 13.8. The lowest BCUT2D eigenvalue weighted by atomic mass is 9.75. The highest BCUT2D eigenvalue weighted by Crippen LogP contribution is 2.38. The minimum atomic E-state index is -0.597. The predicted molar refractivity (Wildman–Crippen MR) is 256 cm³/mol. The zero-order valence-electron chi connectivity index (χ0n) is 39.3. The van der Waals surface area contributed by atoms with Gasteiger partial charge in [0, 0.05) is 120 Å². The summed E-state index contributed by atoms with van der Waals surface area (Å²) >= 11 is 0. The quantitative estimate of drug-likeness (QED) is 0.114. The number of anilines is 2. The van der Waals surface area contributed by atoms with Crippen LogP contribution in [0.3, 0.4) is 0 Å². The first kappa shape index (κ1) is 46.1. The van der Waals surface area contributed by atoms with Crippen LogP contribution in [0.5, 0.6) is 5.75 Å². The molecular formula is C51H65N11O5. The molecule has 354 valence electrons. The lowest BCUT2D eigenvalue weighted by Crippen LogP contribution is -2.53. The monoisotopic (exact) mass is 912 g/mol. The van der Waals surface area contributed by atoms with Gasteiger partial charge in [0.05, 0.1) is 30.1 Å². The number of pyridine rings is 2. The molecule has 9 rings (SSSR count). The number of rotatable bonds is 16. The molecule has 5 aliphatic heterocycles. The fraction of sp³-hybridized carbons (Fsp3) is 0.549. The van der Waals surface area contributed by atoms with E-state index in [0.717, 1.165) is 157 Å². The number of nitriles is 1. The van der Waals surface area contributed by atoms with Crippen LogP contribution in [-0.2, 0) is 20.9 Å². The van der Waals surface area contributed by atoms with E-state index in [9.17, 15) is 24.4 Å². The maximum absolute atomic E-state index is 13.2. The van der Waals surface area contributed by atoms with Crippen LogP contribution < -0.4 is 19.9 Å². The van der Waals surface area contributed by atoms with Crippen LogP contribution in [0.1, 0.15) is 99.5 Å². The molecule has 4 fully saturated rings. The number of unbranched alkanes of at least 4 members (excludes halogenated alkanes) is 3. The number of carbonyl (C=O) groups excluding carboxylic acids is 4. The fourth-order valence-corrected chi connectivity index (χ4v) is 11.0. The molecule has 16 nitrogen and oxygen atoms in total. The fourth-order valence-electron chi connectivity index (χ4n) is 11.0. The highest BCUT2D eigenvalue weighted by molar-refractivity contribution is 6.05. The molecule has 67 heavy (non-hydrogen) atoms. The van der Waals surface area contributed by atoms with E-state index in [0.29, 0.717) is 48.8 Å². The Morgan fingerprint density at radius 2 is 1.64 bits per heavy atom. The molecule has 1 aromatic carbocycles. The molecule has 1 N–H and O–H groups in total. The largest absolute Gasteiger partial charge is 0.492 e. The molecule has 4 amide bonds. The van der Waals surface area contributed by atoms with Gasteiger partial charge in [-0.15, -0.1) is 0 Å². The third kappa shape index (κ3) is 10.1. The van der Waals surface area contributed by atoms with Crippen molar-refractivity contribution in [3.05, 3.63) is 71.7 Å². The zero-order chi connectivity index (χ0) is 46.5. The SMILES string of the molecule is CCOc1cc(-c2ccc(N3CCC(CC)(CN4CCN(C(=O)CCCCCCN5CCN(c6ccc7c(c6)CN(C6CCC(=O)NC6=O)C7=O)CC5)CC4)CC3)nc2)c2c(C#N)cnn2c1. The smallest absolute Gasteiger partial charge is 0.255 e. The molecular weight excluding hydrogens is 847 g/mol. The normalized spacial score (nSPS) is 20.3. The van der Waals surface area contributed by atoms with E-state index in [2.05, 4.69) is 66.1 Å². The van der Waals surface area contributed by atoms with Crippen molar-refractivity contribution in [2.75, 3.05) is 94.9 Å². The summed E-state index contributed by atoms with van der Waals surface area (Å²) < 4.78 is 7.51. The Morgan fingerprint density at radius 3 is 2.36 bits per heavy atom. The number of imide groups is 1. The number of ether oxygens (including phenoxy) is 1. The van der Waals surface area contributed by atoms with Gasteiger partial charge in [-0.25, -0.2) is 9.50 Å². The second kappa shape index (κ2) is 20.4. The summed E-state index contributed by atoms with van der Waals surface area (Å²) in [5.74, 6) is 1.18. The van der Waals surface area contributed by atoms with Gasteiger partial charge >= 0.3 is 0 Å². The van der Waals surface area contributed by atoms with E-state index < -0.39 is 6.04 Å². The van der Waals surface area contributed by atoms with Crippen LogP contribution in [0, 0.1) is 16.7 Å². The first-order valence-corrected chi connectivity index (χ1v) is 24.6. The van der Waals surface area contributed by atoms with Gasteiger partial charge in [0.2, 0.25) is 17.7 Å². The minimum Gasteiger partial charge on any atom is -0.492 e. The average Bonchev–Trinajstić information content (AvgIpc) is 3.92. The average molecular weight is 912 g/mol. The summed E-state index contributed by atoms with van der Waals surface area (Å²) in [6.45, 7) is 16.6. The number of hydrogen-bond donors (Lipinski definition) is 1. The summed E-state index contributed by atoms with van der Waals surface area (Å²) in [5.41, 5.74) is 6.02. The Labute approximate surface area is 393 Å². The van der Waals surface area contributed by atoms with E-state index >= 15 is 0 Å². The van der Waals surface area contributed by atoms with Gasteiger partial charge in [0.1, 0.15) is 23.7 Å². The molecule has 0 bridgehead atoms. The zero-order valence-corrected chi connectivity index (χ0v) is 39.3. The van der Waals surface area contributed by atoms with E-state index in [1.165, 1.54) is 0 Å². The summed E-state index contributed by atoms with van der Waals surface area (Å²) in [7, 11) is 0. The molecule has 3 aromatic heterocycles. The second-order valence-electron chi connectivity index (χ2n) is 19.1. The Hall–Kier alpha value is -6.05. The number of nitrogens with zero attached hydrogens (tertiary/aromatic N) is 10. The van der Waals surface area contributed by atoms with Crippen LogP contribution in [0.4, 0.5) is 11.5 Å². The number of nitrogens with one attached hydrogen (secondary N) is 1. The van der Waals surface area contributed by atoms with Crippen molar-refractivity contribution >= 4 is 40.7 Å². The lowest BCUT2D eigenvalue weighted by molar-refractivity contribution is -0.137. The highest BCUT2D eigenvalue weighted by Gasteiger charge is 2.40. The first-order chi connectivity index (χ1) is 32.6. The van der Waals surface area contributed by atoms with Crippen molar-refractivity contribution in [1.29, 1.82) is 5.26 Å². The Balaban J connectivity index is 0.650. The van der Waals surface area contributed by atoms with E-state index in [4.69, 9.17) is 9.72 Å². The molecule has 0 aliphatic carbocycles. The first-order valence-electron chi connectivity index (χ1n) is 24.6. The number of piperidine rings is 2. The van der Waals surface area contributed by atoms with Gasteiger partial charge in [-0.2, -0.15) is 10.4 Å². The molecule has 1 unspecified atom stereocenters. The Bertz CT molecular complexity index is 2480. The Morgan fingerprint density at radius 1 is 0.866 bits per heavy atom. The van der Waals surface area contributed by atoms with Crippen molar-refractivity contribution in [1.82, 2.24) is 39.5 Å². The van der Waals surface area contributed by atoms with Crippen molar-refractivity contribution < 1.29 is 23.9 Å². The molecule has 8 heterocycles. The standard InChI is InChI=1S/C51H65N11O5/c1-3-51(16-19-59(20-17-51)45-14-10-37(32-53-45)43-30-41(67-4-2)35-62-48(43)39(31-52)33-54-62)36-57-23-27-60(28-24-57)47(64)9-7-5-6-8-18-56-21-25-58(26-22-56)40-11-12-42-38(29-40)34-61(50(42)66)44-13-15-46(63)55-49(44)65/h10-12,14,29-30,32-33,35,44H,3-9,13,15-28,34,36H2,1-2H3,(H,55,63,65). The lowest BCUT2D eigenvalue weighted by Gasteiger charge is -2.46. The molecule has 4 aromatic rings. The third-order valence-electron chi connectivity index (χ3n) is 15.1. The molecule has 4 saturated heterocycles. The van der Waals surface area contributed by atoms with Crippen LogP contribution in [0.15, 0.2) is 55.0 Å². The van der Waals surface area contributed by atoms with Crippen LogP contribution in [0.2, 0.25) is 0 Å². The number of piperazine rings is 2. The van der Waals surface area contributed by atoms with E-state index in [-0.39, 0.29) is 29.6 Å². The van der Waals surface area contributed by atoms with Crippen molar-refractivity contribution in [3.8, 4) is 22.9 Å². The van der Waals surface area contributed by atoms with Crippen molar-refractivity contribution in [2.24, 2.45) is 5.41 Å². The van der Waals surface area contributed by atoms with Crippen molar-refractivity contribution in [2.45, 2.75) is 90.6 Å². The summed E-state index contributed by atoms with van der Waals surface area (Å²) in [5, 5.41) is 16.5. The number of hydrogen-bond acceptors (Lipinski definition) is 12. The van der Waals surface area contributed by atoms with Crippen molar-refractivity contribution in [3.63, 3.8) is 0 Å². The highest BCUT2D eigenvalue weighted by atomic mass is 16.5. The minimum absolute atomic E-state index is 0.135. The van der Waals surface area contributed by atoms with Gasteiger partial charge < -0.3 is 24.3 Å². The number of fused-ring (bicyclic) bond motifs is 2. The van der Waals surface area contributed by atoms with Crippen LogP contribution in [0.25, 0.3) is 16.6 Å². The third-order valence-corrected chi connectivity index (χ3v) is 15.1. The number of carbonyl (C=O) groups is 4. The molecule has 0 spiro atoms. The molecule has 1 atom stereocenters. The topological polar surface area (TPSA) is 163 Å². The number of amides is 4.